The van der Waals surface area contributed by atoms with Crippen molar-refractivity contribution in [3.05, 3.63) is 21.7 Å². The summed E-state index contributed by atoms with van der Waals surface area (Å²) in [5.41, 5.74) is 7.17. The lowest BCUT2D eigenvalue weighted by Crippen LogP contribution is -2.01. The van der Waals surface area contributed by atoms with E-state index in [4.69, 9.17) is 10.5 Å². The molecule has 0 unspecified atom stereocenters. The summed E-state index contributed by atoms with van der Waals surface area (Å²) in [6.07, 6.45) is 0. The smallest absolute Gasteiger partial charge is 0.162 e. The maximum atomic E-state index is 9.67. The first-order valence-electron chi connectivity index (χ1n) is 3.86. The predicted molar refractivity (Wildman–Crippen MR) is 55.0 cm³/mol. The molecule has 13 heavy (non-hydrogen) atoms. The van der Waals surface area contributed by atoms with Gasteiger partial charge in [-0.1, -0.05) is 15.9 Å². The Bertz CT molecular complexity index is 326. The Morgan fingerprint density at radius 2 is 2.23 bits per heavy atom. The van der Waals surface area contributed by atoms with Crippen LogP contribution in [0.4, 0.5) is 0 Å². The molecule has 0 bridgehead atoms. The Morgan fingerprint density at radius 3 is 2.69 bits per heavy atom. The largest absolute Gasteiger partial charge is 0.504 e. The van der Waals surface area contributed by atoms with Crippen molar-refractivity contribution in [2.75, 3.05) is 7.11 Å². The molecule has 0 aliphatic heterocycles. The normalized spacial score (nSPS) is 10.2. The summed E-state index contributed by atoms with van der Waals surface area (Å²) in [5, 5.41) is 9.67. The Labute approximate surface area is 85.6 Å². The van der Waals surface area contributed by atoms with Gasteiger partial charge in [0.2, 0.25) is 0 Å². The van der Waals surface area contributed by atoms with Crippen molar-refractivity contribution < 1.29 is 9.84 Å². The molecular formula is C9H12BrNO2. The van der Waals surface area contributed by atoms with Gasteiger partial charge in [-0.25, -0.2) is 0 Å². The van der Waals surface area contributed by atoms with E-state index in [1.807, 2.05) is 6.92 Å². The van der Waals surface area contributed by atoms with Gasteiger partial charge in [-0.05, 0) is 18.6 Å². The van der Waals surface area contributed by atoms with E-state index in [-0.39, 0.29) is 5.75 Å². The number of benzene rings is 1. The highest BCUT2D eigenvalue weighted by molar-refractivity contribution is 9.10. The van der Waals surface area contributed by atoms with E-state index in [2.05, 4.69) is 15.9 Å². The number of hydrogen-bond acceptors (Lipinski definition) is 3. The van der Waals surface area contributed by atoms with Gasteiger partial charge < -0.3 is 15.6 Å². The SMILES string of the molecule is COc1cc(Br)c(C)c(CN)c1O. The van der Waals surface area contributed by atoms with E-state index in [1.54, 1.807) is 6.07 Å². The van der Waals surface area contributed by atoms with Gasteiger partial charge in [0.05, 0.1) is 7.11 Å². The maximum Gasteiger partial charge on any atom is 0.162 e. The summed E-state index contributed by atoms with van der Waals surface area (Å²) < 4.78 is 5.88. The van der Waals surface area contributed by atoms with Crippen molar-refractivity contribution in [2.45, 2.75) is 13.5 Å². The van der Waals surface area contributed by atoms with E-state index in [9.17, 15) is 5.11 Å². The van der Waals surface area contributed by atoms with Crippen LogP contribution in [0, 0.1) is 6.92 Å². The predicted octanol–water partition coefficient (Wildman–Crippen LogP) is 1.93. The summed E-state index contributed by atoms with van der Waals surface area (Å²) in [6, 6.07) is 1.73. The van der Waals surface area contributed by atoms with Crippen molar-refractivity contribution in [2.24, 2.45) is 5.73 Å². The summed E-state index contributed by atoms with van der Waals surface area (Å²) in [5.74, 6) is 0.573. The van der Waals surface area contributed by atoms with E-state index in [0.717, 1.165) is 10.0 Å². The van der Waals surface area contributed by atoms with E-state index in [1.165, 1.54) is 7.11 Å². The van der Waals surface area contributed by atoms with Crippen LogP contribution in [0.15, 0.2) is 10.5 Å². The quantitative estimate of drug-likeness (QED) is 0.838. The minimum atomic E-state index is 0.130. The van der Waals surface area contributed by atoms with Crippen molar-refractivity contribution in [3.8, 4) is 11.5 Å². The first-order valence-corrected chi connectivity index (χ1v) is 4.66. The van der Waals surface area contributed by atoms with Crippen LogP contribution >= 0.6 is 15.9 Å². The average molecular weight is 246 g/mol. The van der Waals surface area contributed by atoms with E-state index in [0.29, 0.717) is 17.9 Å². The topological polar surface area (TPSA) is 55.5 Å². The lowest BCUT2D eigenvalue weighted by atomic mass is 10.1. The second-order valence-electron chi connectivity index (χ2n) is 2.72. The lowest BCUT2D eigenvalue weighted by molar-refractivity contribution is 0.370. The minimum Gasteiger partial charge on any atom is -0.504 e. The molecule has 0 amide bonds. The first kappa shape index (κ1) is 10.3. The fraction of sp³-hybridized carbons (Fsp3) is 0.333. The first-order chi connectivity index (χ1) is 6.11. The molecule has 0 radical (unpaired) electrons. The van der Waals surface area contributed by atoms with E-state index >= 15 is 0 Å². The number of nitrogens with two attached hydrogens (primary N) is 1. The second-order valence-corrected chi connectivity index (χ2v) is 3.57. The highest BCUT2D eigenvalue weighted by Crippen LogP contribution is 2.36. The third-order valence-electron chi connectivity index (χ3n) is 2.01. The number of phenolic OH excluding ortho intramolecular Hbond substituents is 1. The Hall–Kier alpha value is -0.740. The molecule has 0 heterocycles. The molecule has 1 aromatic rings. The number of ether oxygens (including phenoxy) is 1. The molecule has 3 nitrogen and oxygen atoms in total. The third kappa shape index (κ3) is 1.78. The van der Waals surface area contributed by atoms with Crippen LogP contribution < -0.4 is 10.5 Å². The molecule has 0 aliphatic rings. The van der Waals surface area contributed by atoms with Crippen molar-refractivity contribution in [3.63, 3.8) is 0 Å². The maximum absolute atomic E-state index is 9.67. The van der Waals surface area contributed by atoms with Crippen molar-refractivity contribution >= 4 is 15.9 Å². The van der Waals surface area contributed by atoms with Gasteiger partial charge in [0.25, 0.3) is 0 Å². The van der Waals surface area contributed by atoms with Crippen LogP contribution in [0.5, 0.6) is 11.5 Å². The molecule has 0 saturated heterocycles. The summed E-state index contributed by atoms with van der Waals surface area (Å²) in [6.45, 7) is 2.19. The van der Waals surface area contributed by atoms with Gasteiger partial charge in [0.1, 0.15) is 0 Å². The minimum absolute atomic E-state index is 0.130. The summed E-state index contributed by atoms with van der Waals surface area (Å²) in [4.78, 5) is 0. The van der Waals surface area contributed by atoms with Crippen molar-refractivity contribution in [1.29, 1.82) is 0 Å². The molecule has 0 aliphatic carbocycles. The highest BCUT2D eigenvalue weighted by Gasteiger charge is 2.12. The van der Waals surface area contributed by atoms with Gasteiger partial charge in [0, 0.05) is 16.6 Å². The zero-order valence-corrected chi connectivity index (χ0v) is 9.18. The lowest BCUT2D eigenvalue weighted by Gasteiger charge is -2.11. The zero-order valence-electron chi connectivity index (χ0n) is 7.60. The molecule has 72 valence electrons. The number of rotatable bonds is 2. The van der Waals surface area contributed by atoms with Crippen LogP contribution in [0.2, 0.25) is 0 Å². The molecule has 0 aromatic heterocycles. The Balaban J connectivity index is 3.39. The number of phenols is 1. The number of aromatic hydroxyl groups is 1. The molecule has 1 rings (SSSR count). The van der Waals surface area contributed by atoms with Crippen LogP contribution in [0.3, 0.4) is 0 Å². The van der Waals surface area contributed by atoms with Gasteiger partial charge in [0.15, 0.2) is 11.5 Å². The molecule has 4 heteroatoms. The Kier molecular flexibility index (Phi) is 3.17. The second kappa shape index (κ2) is 3.98. The van der Waals surface area contributed by atoms with Crippen molar-refractivity contribution in [1.82, 2.24) is 0 Å². The fourth-order valence-corrected chi connectivity index (χ4v) is 1.61. The average Bonchev–Trinajstić information content (AvgIpc) is 2.12. The van der Waals surface area contributed by atoms with Gasteiger partial charge >= 0.3 is 0 Å². The van der Waals surface area contributed by atoms with E-state index < -0.39 is 0 Å². The van der Waals surface area contributed by atoms with Crippen LogP contribution in [-0.4, -0.2) is 12.2 Å². The Morgan fingerprint density at radius 1 is 1.62 bits per heavy atom. The van der Waals surface area contributed by atoms with Gasteiger partial charge in [-0.2, -0.15) is 0 Å². The highest BCUT2D eigenvalue weighted by atomic mass is 79.9. The number of halogens is 1. The molecule has 3 N–H and O–H groups in total. The van der Waals surface area contributed by atoms with Gasteiger partial charge in [-0.3, -0.25) is 0 Å². The zero-order chi connectivity index (χ0) is 10.0. The standard InChI is InChI=1S/C9H12BrNO2/c1-5-6(4-11)9(12)8(13-2)3-7(5)10/h3,12H,4,11H2,1-2H3. The molecule has 0 fully saturated rings. The summed E-state index contributed by atoms with van der Waals surface area (Å²) in [7, 11) is 1.51. The van der Waals surface area contributed by atoms with Gasteiger partial charge in [-0.15, -0.1) is 0 Å². The third-order valence-corrected chi connectivity index (χ3v) is 2.84. The summed E-state index contributed by atoms with van der Waals surface area (Å²) >= 11 is 3.37. The molecular weight excluding hydrogens is 234 g/mol. The number of hydrogen-bond donors (Lipinski definition) is 2. The van der Waals surface area contributed by atoms with Crippen LogP contribution in [0.25, 0.3) is 0 Å². The fourth-order valence-electron chi connectivity index (χ4n) is 1.17. The monoisotopic (exact) mass is 245 g/mol. The van der Waals surface area contributed by atoms with Crippen LogP contribution in [-0.2, 0) is 6.54 Å². The molecule has 1 aromatic carbocycles. The van der Waals surface area contributed by atoms with Crippen LogP contribution in [0.1, 0.15) is 11.1 Å². The molecule has 0 atom stereocenters. The molecule has 0 saturated carbocycles. The molecule has 0 spiro atoms. The number of methoxy groups -OCH3 is 1.